The Labute approximate surface area is 94.8 Å². The van der Waals surface area contributed by atoms with Crippen LogP contribution in [0.3, 0.4) is 0 Å². The van der Waals surface area contributed by atoms with Gasteiger partial charge in [0.05, 0.1) is 12.7 Å². The highest BCUT2D eigenvalue weighted by atomic mass is 35.5. The molecule has 0 fully saturated rings. The summed E-state index contributed by atoms with van der Waals surface area (Å²) in [7, 11) is 0. The molecule has 0 saturated heterocycles. The Kier molecular flexibility index (Phi) is 3.17. The molecule has 0 amide bonds. The van der Waals surface area contributed by atoms with Crippen molar-refractivity contribution in [3.8, 4) is 5.75 Å². The quantitative estimate of drug-likeness (QED) is 0.858. The third-order valence-corrected chi connectivity index (χ3v) is 2.92. The van der Waals surface area contributed by atoms with Gasteiger partial charge < -0.3 is 9.84 Å². The number of benzene rings is 1. The largest absolute Gasteiger partial charge is 0.493 e. The number of ether oxygens (including phenoxy) is 1. The molecule has 1 heterocycles. The summed E-state index contributed by atoms with van der Waals surface area (Å²) in [6, 6.07) is 3.73. The van der Waals surface area contributed by atoms with Crippen molar-refractivity contribution in [3.05, 3.63) is 28.3 Å². The van der Waals surface area contributed by atoms with E-state index >= 15 is 0 Å². The molecule has 0 bridgehead atoms. The van der Waals surface area contributed by atoms with Crippen molar-refractivity contribution in [2.24, 2.45) is 0 Å². The molecule has 15 heavy (non-hydrogen) atoms. The predicted octanol–water partition coefficient (Wildman–Crippen LogP) is 3.11. The van der Waals surface area contributed by atoms with E-state index in [1.807, 2.05) is 12.1 Å². The fourth-order valence-corrected chi connectivity index (χ4v) is 2.22. The molecule has 0 aromatic heterocycles. The summed E-state index contributed by atoms with van der Waals surface area (Å²) in [4.78, 5) is 0. The smallest absolute Gasteiger partial charge is 0.128 e. The first kappa shape index (κ1) is 10.8. The Hall–Kier alpha value is -0.730. The maximum Gasteiger partial charge on any atom is 0.128 e. The van der Waals surface area contributed by atoms with E-state index in [2.05, 4.69) is 6.92 Å². The molecule has 2 nitrogen and oxygen atoms in total. The van der Waals surface area contributed by atoms with Gasteiger partial charge in [-0.05, 0) is 24.1 Å². The van der Waals surface area contributed by atoms with Gasteiger partial charge in [0, 0.05) is 17.0 Å². The van der Waals surface area contributed by atoms with Gasteiger partial charge in [0.15, 0.2) is 0 Å². The van der Waals surface area contributed by atoms with E-state index in [0.29, 0.717) is 11.6 Å². The molecule has 1 N–H and O–H groups in total. The molecule has 0 radical (unpaired) electrons. The Morgan fingerprint density at radius 2 is 2.33 bits per heavy atom. The third-order valence-electron chi connectivity index (χ3n) is 2.70. The van der Waals surface area contributed by atoms with Gasteiger partial charge in [-0.3, -0.25) is 0 Å². The minimum absolute atomic E-state index is 0.458. The molecule has 82 valence electrons. The highest BCUT2D eigenvalue weighted by molar-refractivity contribution is 6.30. The zero-order valence-electron chi connectivity index (χ0n) is 8.79. The van der Waals surface area contributed by atoms with Crippen molar-refractivity contribution in [2.45, 2.75) is 32.3 Å². The van der Waals surface area contributed by atoms with Crippen LogP contribution in [0.4, 0.5) is 0 Å². The molecular formula is C12H15ClO2. The van der Waals surface area contributed by atoms with Crippen LogP contribution in [0.5, 0.6) is 5.75 Å². The summed E-state index contributed by atoms with van der Waals surface area (Å²) in [6.07, 6.45) is 2.13. The van der Waals surface area contributed by atoms with Crippen molar-refractivity contribution in [1.29, 1.82) is 0 Å². The topological polar surface area (TPSA) is 29.5 Å². The summed E-state index contributed by atoms with van der Waals surface area (Å²) < 4.78 is 5.53. The third kappa shape index (κ3) is 2.11. The van der Waals surface area contributed by atoms with Crippen LogP contribution in [0.15, 0.2) is 12.1 Å². The van der Waals surface area contributed by atoms with Gasteiger partial charge in [-0.25, -0.2) is 0 Å². The number of hydrogen-bond acceptors (Lipinski definition) is 2. The van der Waals surface area contributed by atoms with Crippen molar-refractivity contribution in [1.82, 2.24) is 0 Å². The first-order chi connectivity index (χ1) is 7.22. The lowest BCUT2D eigenvalue weighted by atomic mass is 10.0. The van der Waals surface area contributed by atoms with Crippen LogP contribution in [0.2, 0.25) is 5.02 Å². The number of aliphatic hydroxyl groups is 1. The fraction of sp³-hybridized carbons (Fsp3) is 0.500. The second-order valence-corrected chi connectivity index (χ2v) is 4.32. The highest BCUT2D eigenvalue weighted by Crippen LogP contribution is 2.37. The minimum Gasteiger partial charge on any atom is -0.493 e. The Morgan fingerprint density at radius 1 is 1.53 bits per heavy atom. The standard InChI is InChI=1S/C12H15ClO2/c1-2-3-11(14)10-7-9(13)6-8-4-5-15-12(8)10/h6-7,11,14H,2-5H2,1H3. The van der Waals surface area contributed by atoms with Gasteiger partial charge >= 0.3 is 0 Å². The van der Waals surface area contributed by atoms with E-state index in [1.54, 1.807) is 0 Å². The Bertz CT molecular complexity index is 363. The number of halogens is 1. The van der Waals surface area contributed by atoms with Crippen LogP contribution in [-0.4, -0.2) is 11.7 Å². The van der Waals surface area contributed by atoms with E-state index in [-0.39, 0.29) is 0 Å². The lowest BCUT2D eigenvalue weighted by Gasteiger charge is -2.14. The molecule has 0 saturated carbocycles. The predicted molar refractivity (Wildman–Crippen MR) is 60.5 cm³/mol. The molecule has 1 aliphatic rings. The van der Waals surface area contributed by atoms with Crippen LogP contribution < -0.4 is 4.74 Å². The Balaban J connectivity index is 2.37. The molecule has 3 heteroatoms. The SMILES string of the molecule is CCCC(O)c1cc(Cl)cc2c1OCC2. The number of aliphatic hydroxyl groups excluding tert-OH is 1. The van der Waals surface area contributed by atoms with Crippen molar-refractivity contribution < 1.29 is 9.84 Å². The van der Waals surface area contributed by atoms with Crippen LogP contribution in [0.25, 0.3) is 0 Å². The molecule has 1 aromatic rings. The second kappa shape index (κ2) is 4.42. The monoisotopic (exact) mass is 226 g/mol. The second-order valence-electron chi connectivity index (χ2n) is 3.89. The van der Waals surface area contributed by atoms with E-state index < -0.39 is 6.10 Å². The molecule has 1 aliphatic heterocycles. The van der Waals surface area contributed by atoms with E-state index in [1.165, 1.54) is 0 Å². The molecule has 0 spiro atoms. The van der Waals surface area contributed by atoms with Gasteiger partial charge in [0.2, 0.25) is 0 Å². The first-order valence-electron chi connectivity index (χ1n) is 5.35. The van der Waals surface area contributed by atoms with Gasteiger partial charge in [0.25, 0.3) is 0 Å². The Morgan fingerprint density at radius 3 is 3.07 bits per heavy atom. The zero-order valence-corrected chi connectivity index (χ0v) is 9.55. The molecule has 1 aromatic carbocycles. The first-order valence-corrected chi connectivity index (χ1v) is 5.73. The average Bonchev–Trinajstić information content (AvgIpc) is 2.64. The molecular weight excluding hydrogens is 212 g/mol. The summed E-state index contributed by atoms with van der Waals surface area (Å²) in [5.74, 6) is 0.848. The molecule has 2 rings (SSSR count). The van der Waals surface area contributed by atoms with Gasteiger partial charge in [0.1, 0.15) is 5.75 Å². The summed E-state index contributed by atoms with van der Waals surface area (Å²) in [5, 5.41) is 10.7. The number of fused-ring (bicyclic) bond motifs is 1. The summed E-state index contributed by atoms with van der Waals surface area (Å²) in [5.41, 5.74) is 1.96. The maximum atomic E-state index is 9.97. The van der Waals surface area contributed by atoms with Crippen LogP contribution in [-0.2, 0) is 6.42 Å². The zero-order chi connectivity index (χ0) is 10.8. The fourth-order valence-electron chi connectivity index (χ4n) is 1.97. The van der Waals surface area contributed by atoms with Crippen molar-refractivity contribution in [2.75, 3.05) is 6.61 Å². The number of rotatable bonds is 3. The van der Waals surface area contributed by atoms with Crippen LogP contribution in [0.1, 0.15) is 37.0 Å². The van der Waals surface area contributed by atoms with Gasteiger partial charge in [-0.1, -0.05) is 24.9 Å². The van der Waals surface area contributed by atoms with Crippen molar-refractivity contribution >= 4 is 11.6 Å². The normalized spacial score (nSPS) is 15.9. The average molecular weight is 227 g/mol. The minimum atomic E-state index is -0.458. The van der Waals surface area contributed by atoms with Crippen molar-refractivity contribution in [3.63, 3.8) is 0 Å². The highest BCUT2D eigenvalue weighted by Gasteiger charge is 2.21. The van der Waals surface area contributed by atoms with E-state index in [0.717, 1.165) is 36.1 Å². The maximum absolute atomic E-state index is 9.97. The lowest BCUT2D eigenvalue weighted by molar-refractivity contribution is 0.162. The van der Waals surface area contributed by atoms with Gasteiger partial charge in [-0.2, -0.15) is 0 Å². The molecule has 1 unspecified atom stereocenters. The lowest BCUT2D eigenvalue weighted by Crippen LogP contribution is -2.00. The summed E-state index contributed by atoms with van der Waals surface area (Å²) in [6.45, 7) is 2.75. The number of hydrogen-bond donors (Lipinski definition) is 1. The van der Waals surface area contributed by atoms with Crippen LogP contribution in [0, 0.1) is 0 Å². The van der Waals surface area contributed by atoms with E-state index in [9.17, 15) is 5.11 Å². The molecule has 0 aliphatic carbocycles. The summed E-state index contributed by atoms with van der Waals surface area (Å²) >= 11 is 6.01. The molecule has 1 atom stereocenters. The van der Waals surface area contributed by atoms with Gasteiger partial charge in [-0.15, -0.1) is 0 Å². The van der Waals surface area contributed by atoms with Crippen LogP contribution >= 0.6 is 11.6 Å². The van der Waals surface area contributed by atoms with E-state index in [4.69, 9.17) is 16.3 Å².